The largest absolute Gasteiger partial charge is 0.300 e. The lowest BCUT2D eigenvalue weighted by atomic mass is 9.95. The molecule has 0 radical (unpaired) electrons. The third-order valence-corrected chi connectivity index (χ3v) is 4.72. The van der Waals surface area contributed by atoms with Crippen molar-refractivity contribution in [1.29, 1.82) is 0 Å². The highest BCUT2D eigenvalue weighted by atomic mass is 32.2. The zero-order valence-electron chi connectivity index (χ0n) is 11.0. The molecule has 1 aliphatic rings. The maximum atomic E-state index is 12.0. The summed E-state index contributed by atoms with van der Waals surface area (Å²) >= 11 is 0. The van der Waals surface area contributed by atoms with Gasteiger partial charge >= 0.3 is 0 Å². The molecule has 0 aromatic rings. The maximum Gasteiger partial charge on any atom is 0.279 e. The van der Waals surface area contributed by atoms with Crippen molar-refractivity contribution in [2.45, 2.75) is 46.1 Å². The molecule has 6 heteroatoms. The van der Waals surface area contributed by atoms with Gasteiger partial charge in [0.1, 0.15) is 5.78 Å². The number of nitrogens with one attached hydrogen (secondary N) is 1. The molecule has 1 heterocycles. The second-order valence-electron chi connectivity index (χ2n) is 5.64. The first-order valence-corrected chi connectivity index (χ1v) is 7.35. The van der Waals surface area contributed by atoms with E-state index in [1.807, 2.05) is 20.8 Å². The van der Waals surface area contributed by atoms with Crippen molar-refractivity contribution in [3.8, 4) is 0 Å². The van der Waals surface area contributed by atoms with E-state index in [0.29, 0.717) is 25.9 Å². The number of Topliss-reactive ketones (excluding diaryl/α,β-unsaturated/α-hetero) is 1. The van der Waals surface area contributed by atoms with Crippen LogP contribution in [-0.4, -0.2) is 37.1 Å². The summed E-state index contributed by atoms with van der Waals surface area (Å²) in [6, 6.07) is 0. The van der Waals surface area contributed by atoms with E-state index in [0.717, 1.165) is 0 Å². The third-order valence-electron chi connectivity index (χ3n) is 2.80. The number of hydrogen-bond donors (Lipinski definition) is 1. The maximum absolute atomic E-state index is 12.0. The Bertz CT molecular complexity index is 376. The van der Waals surface area contributed by atoms with Crippen LogP contribution in [-0.2, 0) is 15.0 Å². The fourth-order valence-electron chi connectivity index (χ4n) is 1.95. The van der Waals surface area contributed by atoms with E-state index in [-0.39, 0.29) is 11.7 Å². The van der Waals surface area contributed by atoms with E-state index in [2.05, 4.69) is 4.72 Å². The van der Waals surface area contributed by atoms with Crippen LogP contribution in [0.25, 0.3) is 0 Å². The van der Waals surface area contributed by atoms with Crippen LogP contribution in [0.1, 0.15) is 40.5 Å². The Kier molecular flexibility index (Phi) is 4.33. The lowest BCUT2D eigenvalue weighted by Crippen LogP contribution is -2.51. The summed E-state index contributed by atoms with van der Waals surface area (Å²) in [4.78, 5) is 11.2. The standard InChI is InChI=1S/C11H22N2O3S/c1-9(14)10-5-7-13(8-6-10)17(15,16)12-11(2,3)4/h10,12H,5-8H2,1-4H3. The molecule has 0 saturated carbocycles. The van der Waals surface area contributed by atoms with Crippen LogP contribution < -0.4 is 4.72 Å². The highest BCUT2D eigenvalue weighted by molar-refractivity contribution is 7.87. The SMILES string of the molecule is CC(=O)C1CCN(S(=O)(=O)NC(C)(C)C)CC1. The number of carbonyl (C=O) groups excluding carboxylic acids is 1. The average molecular weight is 262 g/mol. The summed E-state index contributed by atoms with van der Waals surface area (Å²) in [5, 5.41) is 0. The molecule has 0 aromatic carbocycles. The van der Waals surface area contributed by atoms with Gasteiger partial charge in [0.2, 0.25) is 0 Å². The van der Waals surface area contributed by atoms with Crippen LogP contribution in [0, 0.1) is 5.92 Å². The van der Waals surface area contributed by atoms with Gasteiger partial charge < -0.3 is 0 Å². The molecule has 0 aliphatic carbocycles. The Morgan fingerprint density at radius 3 is 2.06 bits per heavy atom. The van der Waals surface area contributed by atoms with Crippen LogP contribution in [0.2, 0.25) is 0 Å². The molecule has 1 saturated heterocycles. The van der Waals surface area contributed by atoms with Crippen molar-refractivity contribution >= 4 is 16.0 Å². The first-order chi connectivity index (χ1) is 7.62. The van der Waals surface area contributed by atoms with E-state index in [1.165, 1.54) is 4.31 Å². The number of nitrogens with zero attached hydrogens (tertiary/aromatic N) is 1. The predicted octanol–water partition coefficient (Wildman–Crippen LogP) is 0.920. The van der Waals surface area contributed by atoms with E-state index in [9.17, 15) is 13.2 Å². The lowest BCUT2D eigenvalue weighted by Gasteiger charge is -2.32. The van der Waals surface area contributed by atoms with Gasteiger partial charge in [-0.25, -0.2) is 0 Å². The molecule has 0 aromatic heterocycles. The fourth-order valence-corrected chi connectivity index (χ4v) is 3.55. The second-order valence-corrected chi connectivity index (χ2v) is 7.31. The summed E-state index contributed by atoms with van der Waals surface area (Å²) in [5.74, 6) is 0.182. The molecule has 0 amide bonds. The monoisotopic (exact) mass is 262 g/mol. The number of piperidine rings is 1. The summed E-state index contributed by atoms with van der Waals surface area (Å²) in [7, 11) is -3.42. The average Bonchev–Trinajstić information content (AvgIpc) is 2.14. The Labute approximate surface area is 104 Å². The van der Waals surface area contributed by atoms with E-state index in [4.69, 9.17) is 0 Å². The molecule has 1 rings (SSSR count). The van der Waals surface area contributed by atoms with Crippen LogP contribution in [0.15, 0.2) is 0 Å². The van der Waals surface area contributed by atoms with E-state index >= 15 is 0 Å². The van der Waals surface area contributed by atoms with Crippen molar-refractivity contribution in [3.63, 3.8) is 0 Å². The molecule has 0 atom stereocenters. The first kappa shape index (κ1) is 14.6. The van der Waals surface area contributed by atoms with E-state index < -0.39 is 15.7 Å². The smallest absolute Gasteiger partial charge is 0.279 e. The van der Waals surface area contributed by atoms with Crippen molar-refractivity contribution in [3.05, 3.63) is 0 Å². The number of carbonyl (C=O) groups is 1. The van der Waals surface area contributed by atoms with Gasteiger partial charge in [0.25, 0.3) is 10.2 Å². The lowest BCUT2D eigenvalue weighted by molar-refractivity contribution is -0.121. The van der Waals surface area contributed by atoms with Crippen LogP contribution in [0.3, 0.4) is 0 Å². The molecule has 0 bridgehead atoms. The van der Waals surface area contributed by atoms with Gasteiger partial charge in [-0.3, -0.25) is 4.79 Å². The Hall–Kier alpha value is -0.460. The molecule has 1 N–H and O–H groups in total. The minimum absolute atomic E-state index is 0.0242. The molecular formula is C11H22N2O3S. The van der Waals surface area contributed by atoms with Crippen LogP contribution in [0.5, 0.6) is 0 Å². The molecule has 1 fully saturated rings. The number of hydrogen-bond acceptors (Lipinski definition) is 3. The van der Waals surface area contributed by atoms with Crippen molar-refractivity contribution in [1.82, 2.24) is 9.03 Å². The van der Waals surface area contributed by atoms with Crippen LogP contribution in [0.4, 0.5) is 0 Å². The van der Waals surface area contributed by atoms with Gasteiger partial charge in [-0.2, -0.15) is 17.4 Å². The quantitative estimate of drug-likeness (QED) is 0.822. The topological polar surface area (TPSA) is 66.5 Å². The van der Waals surface area contributed by atoms with Crippen LogP contribution >= 0.6 is 0 Å². The molecular weight excluding hydrogens is 240 g/mol. The van der Waals surface area contributed by atoms with Gasteiger partial charge in [0.05, 0.1) is 0 Å². The number of ketones is 1. The molecule has 5 nitrogen and oxygen atoms in total. The highest BCUT2D eigenvalue weighted by Crippen LogP contribution is 2.20. The molecule has 0 unspecified atom stereocenters. The molecule has 100 valence electrons. The molecule has 0 spiro atoms. The second kappa shape index (κ2) is 5.04. The minimum Gasteiger partial charge on any atom is -0.300 e. The Morgan fingerprint density at radius 1 is 1.24 bits per heavy atom. The predicted molar refractivity (Wildman–Crippen MR) is 66.8 cm³/mol. The number of rotatable bonds is 3. The van der Waals surface area contributed by atoms with Crippen molar-refractivity contribution in [2.75, 3.05) is 13.1 Å². The van der Waals surface area contributed by atoms with Gasteiger partial charge in [0, 0.05) is 24.5 Å². The summed E-state index contributed by atoms with van der Waals surface area (Å²) in [6.45, 7) is 7.86. The summed E-state index contributed by atoms with van der Waals surface area (Å²) in [5.41, 5.74) is -0.476. The minimum atomic E-state index is -3.42. The van der Waals surface area contributed by atoms with Gasteiger partial charge in [0.15, 0.2) is 0 Å². The molecule has 1 aliphatic heterocycles. The zero-order chi connectivity index (χ0) is 13.3. The van der Waals surface area contributed by atoms with Gasteiger partial charge in [-0.1, -0.05) is 0 Å². The zero-order valence-corrected chi connectivity index (χ0v) is 11.8. The first-order valence-electron chi connectivity index (χ1n) is 5.91. The highest BCUT2D eigenvalue weighted by Gasteiger charge is 2.31. The Morgan fingerprint density at radius 2 is 1.71 bits per heavy atom. The normalized spacial score (nSPS) is 20.5. The fraction of sp³-hybridized carbons (Fsp3) is 0.909. The van der Waals surface area contributed by atoms with Crippen molar-refractivity contribution < 1.29 is 13.2 Å². The third kappa shape index (κ3) is 4.37. The van der Waals surface area contributed by atoms with Gasteiger partial charge in [-0.05, 0) is 40.5 Å². The van der Waals surface area contributed by atoms with E-state index in [1.54, 1.807) is 6.92 Å². The summed E-state index contributed by atoms with van der Waals surface area (Å²) in [6.07, 6.45) is 1.25. The Balaban J connectivity index is 2.62. The van der Waals surface area contributed by atoms with Gasteiger partial charge in [-0.15, -0.1) is 0 Å². The summed E-state index contributed by atoms with van der Waals surface area (Å²) < 4.78 is 28.1. The molecule has 17 heavy (non-hydrogen) atoms. The van der Waals surface area contributed by atoms with Crippen molar-refractivity contribution in [2.24, 2.45) is 5.92 Å².